The number of fused-ring (bicyclic) bond motifs is 1. The van der Waals surface area contributed by atoms with Gasteiger partial charge in [-0.25, -0.2) is 8.42 Å². The van der Waals surface area contributed by atoms with Gasteiger partial charge in [-0.15, -0.1) is 0 Å². The van der Waals surface area contributed by atoms with Crippen LogP contribution in [0, 0.1) is 0 Å². The largest absolute Gasteiger partial charge is 0.486 e. The van der Waals surface area contributed by atoms with Crippen molar-refractivity contribution in [3.05, 3.63) is 30.6 Å². The van der Waals surface area contributed by atoms with Gasteiger partial charge in [-0.05, 0) is 18.6 Å². The summed E-state index contributed by atoms with van der Waals surface area (Å²) in [5, 5.41) is 8.19. The van der Waals surface area contributed by atoms with Gasteiger partial charge in [0.15, 0.2) is 11.5 Å². The van der Waals surface area contributed by atoms with Crippen molar-refractivity contribution in [2.45, 2.75) is 17.4 Å². The number of nitrogens with zero attached hydrogens (tertiary/aromatic N) is 4. The van der Waals surface area contributed by atoms with E-state index in [1.165, 1.54) is 10.4 Å². The Balaban J connectivity index is 1.58. The van der Waals surface area contributed by atoms with Crippen LogP contribution in [-0.4, -0.2) is 54.0 Å². The van der Waals surface area contributed by atoms with Gasteiger partial charge < -0.3 is 9.47 Å². The number of rotatable bonds is 3. The number of hydrogen-bond donors (Lipinski definition) is 0. The smallest absolute Gasteiger partial charge is 0.243 e. The zero-order chi connectivity index (χ0) is 15.9. The summed E-state index contributed by atoms with van der Waals surface area (Å²) in [7, 11) is -3.57. The molecule has 0 bridgehead atoms. The fourth-order valence-corrected chi connectivity index (χ4v) is 4.37. The molecule has 0 unspecified atom stereocenters. The highest BCUT2D eigenvalue weighted by Crippen LogP contribution is 2.34. The quantitative estimate of drug-likeness (QED) is 0.819. The van der Waals surface area contributed by atoms with Crippen LogP contribution in [0.2, 0.25) is 0 Å². The Morgan fingerprint density at radius 2 is 1.83 bits per heavy atom. The summed E-state index contributed by atoms with van der Waals surface area (Å²) in [4.78, 5) is 1.79. The maximum atomic E-state index is 12.8. The van der Waals surface area contributed by atoms with Crippen LogP contribution in [0.5, 0.6) is 11.5 Å². The first kappa shape index (κ1) is 14.5. The summed E-state index contributed by atoms with van der Waals surface area (Å²) in [6.07, 6.45) is 3.88. The molecule has 2 aliphatic rings. The third-order valence-electron chi connectivity index (χ3n) is 4.04. The Kier molecular flexibility index (Phi) is 3.46. The molecule has 1 aromatic heterocycles. The Hall–Kier alpha value is -2.13. The normalized spacial score (nSPS) is 21.5. The van der Waals surface area contributed by atoms with E-state index in [0.29, 0.717) is 44.2 Å². The summed E-state index contributed by atoms with van der Waals surface area (Å²) < 4.78 is 38.0. The zero-order valence-electron chi connectivity index (χ0n) is 12.3. The molecular weight excluding hydrogens is 320 g/mol. The lowest BCUT2D eigenvalue weighted by Crippen LogP contribution is -2.29. The number of aromatic nitrogens is 3. The first-order chi connectivity index (χ1) is 11.1. The Morgan fingerprint density at radius 1 is 1.09 bits per heavy atom. The lowest BCUT2D eigenvalue weighted by molar-refractivity contribution is 0.171. The average molecular weight is 336 g/mol. The van der Waals surface area contributed by atoms with Crippen LogP contribution in [0.3, 0.4) is 0 Å². The van der Waals surface area contributed by atoms with Crippen molar-refractivity contribution in [1.29, 1.82) is 0 Å². The van der Waals surface area contributed by atoms with E-state index in [4.69, 9.17) is 9.47 Å². The molecule has 23 heavy (non-hydrogen) atoms. The van der Waals surface area contributed by atoms with Crippen molar-refractivity contribution in [2.75, 3.05) is 26.3 Å². The van der Waals surface area contributed by atoms with E-state index in [0.717, 1.165) is 0 Å². The molecule has 2 aliphatic heterocycles. The molecule has 1 saturated heterocycles. The highest BCUT2D eigenvalue weighted by Gasteiger charge is 2.34. The minimum absolute atomic E-state index is 0.0306. The molecule has 9 heteroatoms. The van der Waals surface area contributed by atoms with Crippen molar-refractivity contribution in [2.24, 2.45) is 0 Å². The lowest BCUT2D eigenvalue weighted by atomic mass is 10.3. The first-order valence-corrected chi connectivity index (χ1v) is 8.84. The minimum atomic E-state index is -3.57. The van der Waals surface area contributed by atoms with E-state index >= 15 is 0 Å². The van der Waals surface area contributed by atoms with E-state index in [-0.39, 0.29) is 10.9 Å². The first-order valence-electron chi connectivity index (χ1n) is 7.40. The highest BCUT2D eigenvalue weighted by atomic mass is 32.2. The zero-order valence-corrected chi connectivity index (χ0v) is 13.1. The standard InChI is InChI=1S/C14H16N4O4S/c19-23(20,12-1-2-13-14(9-12)22-8-7-21-13)17-6-3-11(10-17)18-15-4-5-16-18/h1-2,4-5,9,11H,3,6-8,10H2/t11-/m0/s1. The highest BCUT2D eigenvalue weighted by molar-refractivity contribution is 7.89. The number of ether oxygens (including phenoxy) is 2. The third kappa shape index (κ3) is 2.55. The summed E-state index contributed by atoms with van der Waals surface area (Å²) in [5.41, 5.74) is 0. The summed E-state index contributed by atoms with van der Waals surface area (Å²) in [5.74, 6) is 1.05. The van der Waals surface area contributed by atoms with Crippen LogP contribution in [0.4, 0.5) is 0 Å². The van der Waals surface area contributed by atoms with Crippen molar-refractivity contribution in [1.82, 2.24) is 19.3 Å². The van der Waals surface area contributed by atoms with Crippen molar-refractivity contribution < 1.29 is 17.9 Å². The van der Waals surface area contributed by atoms with Crippen LogP contribution in [-0.2, 0) is 10.0 Å². The molecule has 122 valence electrons. The molecule has 0 radical (unpaired) electrons. The van der Waals surface area contributed by atoms with E-state index in [9.17, 15) is 8.42 Å². The van der Waals surface area contributed by atoms with Gasteiger partial charge >= 0.3 is 0 Å². The number of hydrogen-bond acceptors (Lipinski definition) is 6. The SMILES string of the molecule is O=S(=O)(c1ccc2c(c1)OCCO2)N1CC[C@H](n2nccn2)C1. The fourth-order valence-electron chi connectivity index (χ4n) is 2.87. The van der Waals surface area contributed by atoms with E-state index in [1.54, 1.807) is 29.3 Å². The van der Waals surface area contributed by atoms with Crippen LogP contribution >= 0.6 is 0 Å². The average Bonchev–Trinajstić information content (AvgIpc) is 3.25. The van der Waals surface area contributed by atoms with Gasteiger partial charge in [-0.3, -0.25) is 0 Å². The van der Waals surface area contributed by atoms with Crippen molar-refractivity contribution in [3.63, 3.8) is 0 Å². The predicted octanol–water partition coefficient (Wildman–Crippen LogP) is 0.685. The summed E-state index contributed by atoms with van der Waals surface area (Å²) >= 11 is 0. The molecule has 1 aromatic carbocycles. The van der Waals surface area contributed by atoms with Gasteiger partial charge in [0.25, 0.3) is 0 Å². The molecular formula is C14H16N4O4S. The van der Waals surface area contributed by atoms with E-state index in [1.807, 2.05) is 0 Å². The van der Waals surface area contributed by atoms with Crippen LogP contribution in [0.15, 0.2) is 35.5 Å². The second-order valence-electron chi connectivity index (χ2n) is 5.46. The van der Waals surface area contributed by atoms with E-state index in [2.05, 4.69) is 10.2 Å². The van der Waals surface area contributed by atoms with Crippen molar-refractivity contribution >= 4 is 10.0 Å². The fraction of sp³-hybridized carbons (Fsp3) is 0.429. The molecule has 4 rings (SSSR count). The second kappa shape index (κ2) is 5.50. The van der Waals surface area contributed by atoms with Gasteiger partial charge in [0.05, 0.1) is 23.3 Å². The minimum Gasteiger partial charge on any atom is -0.486 e. The molecule has 0 amide bonds. The van der Waals surface area contributed by atoms with Gasteiger partial charge in [0.2, 0.25) is 10.0 Å². The maximum absolute atomic E-state index is 12.8. The Labute approximate surface area is 133 Å². The van der Waals surface area contributed by atoms with Gasteiger partial charge in [-0.1, -0.05) is 0 Å². The molecule has 1 atom stereocenters. The summed E-state index contributed by atoms with van der Waals surface area (Å²) in [6, 6.07) is 4.70. The number of sulfonamides is 1. The second-order valence-corrected chi connectivity index (χ2v) is 7.40. The van der Waals surface area contributed by atoms with Crippen LogP contribution in [0.1, 0.15) is 12.5 Å². The molecule has 0 N–H and O–H groups in total. The Bertz CT molecular complexity index is 806. The topological polar surface area (TPSA) is 86.6 Å². The molecule has 2 aromatic rings. The molecule has 3 heterocycles. The predicted molar refractivity (Wildman–Crippen MR) is 79.9 cm³/mol. The molecule has 0 spiro atoms. The molecule has 8 nitrogen and oxygen atoms in total. The summed E-state index contributed by atoms with van der Waals surface area (Å²) in [6.45, 7) is 1.71. The molecule has 0 saturated carbocycles. The molecule has 1 fully saturated rings. The molecule has 0 aliphatic carbocycles. The third-order valence-corrected chi connectivity index (χ3v) is 5.90. The lowest BCUT2D eigenvalue weighted by Gasteiger charge is -2.21. The Morgan fingerprint density at radius 3 is 2.61 bits per heavy atom. The van der Waals surface area contributed by atoms with Crippen molar-refractivity contribution in [3.8, 4) is 11.5 Å². The monoisotopic (exact) mass is 336 g/mol. The van der Waals surface area contributed by atoms with Crippen LogP contribution in [0.25, 0.3) is 0 Å². The van der Waals surface area contributed by atoms with E-state index < -0.39 is 10.0 Å². The van der Waals surface area contributed by atoms with Gasteiger partial charge in [0.1, 0.15) is 13.2 Å². The van der Waals surface area contributed by atoms with Crippen LogP contribution < -0.4 is 9.47 Å². The van der Waals surface area contributed by atoms with Gasteiger partial charge in [0, 0.05) is 19.2 Å². The van der Waals surface area contributed by atoms with Gasteiger partial charge in [-0.2, -0.15) is 19.3 Å². The maximum Gasteiger partial charge on any atom is 0.243 e. The number of benzene rings is 1.